The van der Waals surface area contributed by atoms with Gasteiger partial charge in [-0.3, -0.25) is 9.69 Å². The van der Waals surface area contributed by atoms with Crippen molar-refractivity contribution in [2.45, 2.75) is 90.7 Å². The molecule has 0 aliphatic rings. The number of likely N-dealkylation sites (N-methyl/N-ethyl adjacent to an activating group) is 1. The Hall–Kier alpha value is -0.570. The highest BCUT2D eigenvalue weighted by Gasteiger charge is 2.18. The van der Waals surface area contributed by atoms with Crippen molar-refractivity contribution in [3.8, 4) is 0 Å². The van der Waals surface area contributed by atoms with Crippen LogP contribution in [-0.4, -0.2) is 37.1 Å². The summed E-state index contributed by atoms with van der Waals surface area (Å²) in [5, 5.41) is 0. The summed E-state index contributed by atoms with van der Waals surface area (Å²) in [5.41, 5.74) is 0. The summed E-state index contributed by atoms with van der Waals surface area (Å²) in [4.78, 5) is 13.6. The molecule has 0 amide bonds. The van der Waals surface area contributed by atoms with Gasteiger partial charge in [0.15, 0.2) is 0 Å². The van der Waals surface area contributed by atoms with Crippen molar-refractivity contribution in [3.05, 3.63) is 0 Å². The van der Waals surface area contributed by atoms with Crippen LogP contribution in [0.5, 0.6) is 0 Å². The second kappa shape index (κ2) is 12.2. The molecule has 3 heteroatoms. The lowest BCUT2D eigenvalue weighted by atomic mass is 10.1. The van der Waals surface area contributed by atoms with E-state index in [1.165, 1.54) is 51.4 Å². The van der Waals surface area contributed by atoms with Gasteiger partial charge in [0.25, 0.3) is 0 Å². The second-order valence-electron chi connectivity index (χ2n) is 6.15. The van der Waals surface area contributed by atoms with Gasteiger partial charge in [-0.25, -0.2) is 0 Å². The van der Waals surface area contributed by atoms with Gasteiger partial charge in [0, 0.05) is 0 Å². The van der Waals surface area contributed by atoms with Crippen LogP contribution in [0.3, 0.4) is 0 Å². The molecule has 0 N–H and O–H groups in total. The van der Waals surface area contributed by atoms with Gasteiger partial charge in [0.05, 0.1) is 6.10 Å². The molecule has 0 spiro atoms. The molecule has 20 heavy (non-hydrogen) atoms. The Morgan fingerprint density at radius 2 is 1.45 bits per heavy atom. The molecule has 0 bridgehead atoms. The number of hydrogen-bond acceptors (Lipinski definition) is 3. The normalized spacial score (nSPS) is 14.3. The van der Waals surface area contributed by atoms with Crippen molar-refractivity contribution in [1.82, 2.24) is 4.90 Å². The topological polar surface area (TPSA) is 29.5 Å². The lowest BCUT2D eigenvalue weighted by Crippen LogP contribution is -2.35. The SMILES string of the molecule is CCCCCCCCCC[C@H](C)OC(=O)C(C)N(C)C. The first-order chi connectivity index (χ1) is 9.49. The number of unbranched alkanes of at least 4 members (excludes halogenated alkanes) is 7. The fourth-order valence-corrected chi connectivity index (χ4v) is 2.13. The average molecular weight is 285 g/mol. The molecule has 0 heterocycles. The molecule has 0 radical (unpaired) electrons. The molecule has 1 unspecified atom stereocenters. The molecule has 0 aromatic rings. The maximum atomic E-state index is 11.8. The molecule has 3 nitrogen and oxygen atoms in total. The molecular weight excluding hydrogens is 250 g/mol. The minimum Gasteiger partial charge on any atom is -0.462 e. The van der Waals surface area contributed by atoms with E-state index in [1.54, 1.807) is 0 Å². The van der Waals surface area contributed by atoms with Crippen LogP contribution in [0.2, 0.25) is 0 Å². The predicted molar refractivity (Wildman–Crippen MR) is 85.9 cm³/mol. The molecule has 0 aromatic carbocycles. The fourth-order valence-electron chi connectivity index (χ4n) is 2.13. The van der Waals surface area contributed by atoms with Gasteiger partial charge in [-0.2, -0.15) is 0 Å². The van der Waals surface area contributed by atoms with E-state index in [0.717, 1.165) is 6.42 Å². The van der Waals surface area contributed by atoms with Crippen LogP contribution in [-0.2, 0) is 9.53 Å². The lowest BCUT2D eigenvalue weighted by Gasteiger charge is -2.21. The summed E-state index contributed by atoms with van der Waals surface area (Å²) < 4.78 is 5.45. The molecule has 2 atom stereocenters. The third-order valence-electron chi connectivity index (χ3n) is 3.90. The van der Waals surface area contributed by atoms with Crippen LogP contribution in [0.15, 0.2) is 0 Å². The second-order valence-corrected chi connectivity index (χ2v) is 6.15. The van der Waals surface area contributed by atoms with Gasteiger partial charge in [-0.05, 0) is 40.8 Å². The lowest BCUT2D eigenvalue weighted by molar-refractivity contribution is -0.153. The highest BCUT2D eigenvalue weighted by molar-refractivity contribution is 5.75. The molecular formula is C17H35NO2. The number of carbonyl (C=O) groups is 1. The molecule has 0 fully saturated rings. The molecule has 0 aromatic heterocycles. The van der Waals surface area contributed by atoms with Crippen LogP contribution in [0.1, 0.15) is 78.6 Å². The summed E-state index contributed by atoms with van der Waals surface area (Å²) >= 11 is 0. The van der Waals surface area contributed by atoms with E-state index in [2.05, 4.69) is 6.92 Å². The van der Waals surface area contributed by atoms with Gasteiger partial charge >= 0.3 is 5.97 Å². The van der Waals surface area contributed by atoms with Crippen LogP contribution in [0.25, 0.3) is 0 Å². The van der Waals surface area contributed by atoms with Crippen LogP contribution in [0.4, 0.5) is 0 Å². The number of rotatable bonds is 12. The number of ether oxygens (including phenoxy) is 1. The van der Waals surface area contributed by atoms with Gasteiger partial charge in [-0.15, -0.1) is 0 Å². The Labute approximate surface area is 126 Å². The summed E-state index contributed by atoms with van der Waals surface area (Å²) in [6.45, 7) is 6.13. The highest BCUT2D eigenvalue weighted by Crippen LogP contribution is 2.12. The van der Waals surface area contributed by atoms with Crippen LogP contribution >= 0.6 is 0 Å². The van der Waals surface area contributed by atoms with Crippen molar-refractivity contribution in [3.63, 3.8) is 0 Å². The predicted octanol–water partition coefficient (Wildman–Crippen LogP) is 4.40. The first-order valence-corrected chi connectivity index (χ1v) is 8.36. The molecule has 0 aliphatic heterocycles. The fraction of sp³-hybridized carbons (Fsp3) is 0.941. The zero-order valence-corrected chi connectivity index (χ0v) is 14.3. The minimum atomic E-state index is -0.156. The highest BCUT2D eigenvalue weighted by atomic mass is 16.5. The molecule has 120 valence electrons. The zero-order valence-electron chi connectivity index (χ0n) is 14.3. The summed E-state index contributed by atoms with van der Waals surface area (Å²) in [5.74, 6) is -0.109. The summed E-state index contributed by atoms with van der Waals surface area (Å²) in [6.07, 6.45) is 11.6. The Balaban J connectivity index is 3.49. The molecule has 0 aliphatic carbocycles. The van der Waals surface area contributed by atoms with Crippen molar-refractivity contribution < 1.29 is 9.53 Å². The van der Waals surface area contributed by atoms with Crippen molar-refractivity contribution >= 4 is 5.97 Å². The van der Waals surface area contributed by atoms with Gasteiger partial charge < -0.3 is 4.74 Å². The van der Waals surface area contributed by atoms with Crippen molar-refractivity contribution in [1.29, 1.82) is 0 Å². The first kappa shape index (κ1) is 19.4. The Bertz CT molecular complexity index is 241. The van der Waals surface area contributed by atoms with Crippen LogP contribution < -0.4 is 0 Å². The first-order valence-electron chi connectivity index (χ1n) is 8.36. The van der Waals surface area contributed by atoms with E-state index in [4.69, 9.17) is 4.74 Å². The number of nitrogens with zero attached hydrogens (tertiary/aromatic N) is 1. The third-order valence-corrected chi connectivity index (χ3v) is 3.90. The van der Waals surface area contributed by atoms with Crippen LogP contribution in [0, 0.1) is 0 Å². The standard InChI is InChI=1S/C17H35NO2/c1-6-7-8-9-10-11-12-13-14-15(2)20-17(19)16(3)18(4)5/h15-16H,6-14H2,1-5H3/t15-,16?/m0/s1. The van der Waals surface area contributed by atoms with E-state index in [-0.39, 0.29) is 18.1 Å². The molecule has 0 saturated carbocycles. The summed E-state index contributed by atoms with van der Waals surface area (Å²) in [7, 11) is 3.80. The van der Waals surface area contributed by atoms with E-state index in [9.17, 15) is 4.79 Å². The van der Waals surface area contributed by atoms with E-state index < -0.39 is 0 Å². The molecule has 0 rings (SSSR count). The minimum absolute atomic E-state index is 0.0463. The Morgan fingerprint density at radius 1 is 0.950 bits per heavy atom. The number of carbonyl (C=O) groups excluding carboxylic acids is 1. The quantitative estimate of drug-likeness (QED) is 0.393. The maximum absolute atomic E-state index is 11.8. The van der Waals surface area contributed by atoms with Crippen molar-refractivity contribution in [2.75, 3.05) is 14.1 Å². The monoisotopic (exact) mass is 285 g/mol. The van der Waals surface area contributed by atoms with Gasteiger partial charge in [-0.1, -0.05) is 51.9 Å². The molecule has 0 saturated heterocycles. The third kappa shape index (κ3) is 10.2. The maximum Gasteiger partial charge on any atom is 0.323 e. The Kier molecular flexibility index (Phi) is 11.8. The van der Waals surface area contributed by atoms with Gasteiger partial charge in [0.1, 0.15) is 6.04 Å². The number of hydrogen-bond donors (Lipinski definition) is 0. The van der Waals surface area contributed by atoms with Gasteiger partial charge in [0.2, 0.25) is 0 Å². The van der Waals surface area contributed by atoms with Crippen molar-refractivity contribution in [2.24, 2.45) is 0 Å². The van der Waals surface area contributed by atoms with E-state index in [1.807, 2.05) is 32.8 Å². The average Bonchev–Trinajstić information content (AvgIpc) is 2.40. The largest absolute Gasteiger partial charge is 0.462 e. The smallest absolute Gasteiger partial charge is 0.323 e. The Morgan fingerprint density at radius 3 is 1.95 bits per heavy atom. The van der Waals surface area contributed by atoms with E-state index >= 15 is 0 Å². The zero-order chi connectivity index (χ0) is 15.4. The summed E-state index contributed by atoms with van der Waals surface area (Å²) in [6, 6.07) is -0.156. The number of esters is 1. The van der Waals surface area contributed by atoms with E-state index in [0.29, 0.717) is 0 Å².